The predicted molar refractivity (Wildman–Crippen MR) is 106 cm³/mol. The van der Waals surface area contributed by atoms with Crippen molar-refractivity contribution in [2.24, 2.45) is 0 Å². The Morgan fingerprint density at radius 2 is 1.83 bits per heavy atom. The molecule has 3 N–H and O–H groups in total. The van der Waals surface area contributed by atoms with E-state index in [9.17, 15) is 29.0 Å². The van der Waals surface area contributed by atoms with E-state index in [1.165, 1.54) is 42.5 Å². The molecule has 1 fully saturated rings. The van der Waals surface area contributed by atoms with Crippen LogP contribution in [0.5, 0.6) is 11.5 Å². The summed E-state index contributed by atoms with van der Waals surface area (Å²) in [6, 6.07) is 9.80. The molecule has 0 saturated carbocycles. The third-order valence-corrected chi connectivity index (χ3v) is 5.03. The van der Waals surface area contributed by atoms with Crippen LogP contribution in [0.15, 0.2) is 47.4 Å². The van der Waals surface area contributed by atoms with Crippen molar-refractivity contribution in [1.82, 2.24) is 10.2 Å². The van der Waals surface area contributed by atoms with Gasteiger partial charge in [0.05, 0.1) is 4.91 Å². The highest BCUT2D eigenvalue weighted by Gasteiger charge is 2.36. The third kappa shape index (κ3) is 5.14. The zero-order chi connectivity index (χ0) is 21.0. The van der Waals surface area contributed by atoms with Crippen LogP contribution in [0.1, 0.15) is 11.1 Å². The summed E-state index contributed by atoms with van der Waals surface area (Å²) in [4.78, 5) is 37.6. The number of thioether (sulfide) groups is 1. The molecule has 1 heterocycles. The first-order valence-corrected chi connectivity index (χ1v) is 9.43. The topological polar surface area (TPSA) is 107 Å². The fourth-order valence-electron chi connectivity index (χ4n) is 2.62. The number of halogens is 1. The van der Waals surface area contributed by atoms with Gasteiger partial charge in [-0.05, 0) is 59.7 Å². The number of nitrogens with zero attached hydrogens (tertiary/aromatic N) is 1. The van der Waals surface area contributed by atoms with Gasteiger partial charge in [0.15, 0.2) is 11.5 Å². The number of carbonyl (C=O) groups is 3. The van der Waals surface area contributed by atoms with E-state index in [2.05, 4.69) is 5.32 Å². The van der Waals surface area contributed by atoms with E-state index < -0.39 is 29.4 Å². The van der Waals surface area contributed by atoms with Gasteiger partial charge in [0.1, 0.15) is 12.4 Å². The lowest BCUT2D eigenvalue weighted by Crippen LogP contribution is -2.40. The number of carbonyl (C=O) groups excluding carboxylic acids is 3. The minimum absolute atomic E-state index is 0.161. The van der Waals surface area contributed by atoms with Crippen molar-refractivity contribution in [2.75, 3.05) is 13.1 Å². The number of phenols is 2. The quantitative estimate of drug-likeness (QED) is 0.494. The lowest BCUT2D eigenvalue weighted by molar-refractivity contribution is -0.129. The third-order valence-electron chi connectivity index (χ3n) is 4.12. The van der Waals surface area contributed by atoms with Crippen LogP contribution >= 0.6 is 11.8 Å². The summed E-state index contributed by atoms with van der Waals surface area (Å²) in [5.74, 6) is -1.97. The minimum atomic E-state index is -0.581. The number of phenolic OH excluding ortho intramolecular Hbond substituents is 2. The lowest BCUT2D eigenvalue weighted by Gasteiger charge is -2.12. The van der Waals surface area contributed by atoms with Gasteiger partial charge in [-0.15, -0.1) is 0 Å². The maximum atomic E-state index is 13.0. The molecule has 3 amide bonds. The first-order chi connectivity index (χ1) is 13.8. The highest BCUT2D eigenvalue weighted by molar-refractivity contribution is 8.18. The molecule has 1 saturated heterocycles. The number of aromatic hydroxyl groups is 2. The molecule has 2 aromatic rings. The van der Waals surface area contributed by atoms with Crippen molar-refractivity contribution in [3.63, 3.8) is 0 Å². The van der Waals surface area contributed by atoms with E-state index in [0.29, 0.717) is 17.5 Å². The molecule has 0 radical (unpaired) electrons. The maximum Gasteiger partial charge on any atom is 0.294 e. The molecule has 0 spiro atoms. The smallest absolute Gasteiger partial charge is 0.294 e. The van der Waals surface area contributed by atoms with Gasteiger partial charge in [-0.3, -0.25) is 19.3 Å². The number of benzene rings is 2. The molecule has 0 aliphatic carbocycles. The van der Waals surface area contributed by atoms with Crippen LogP contribution in [0.3, 0.4) is 0 Å². The molecular formula is C20H17FN2O5S. The maximum absolute atomic E-state index is 13.0. The zero-order valence-corrected chi connectivity index (χ0v) is 15.9. The average molecular weight is 416 g/mol. The van der Waals surface area contributed by atoms with Gasteiger partial charge in [-0.1, -0.05) is 18.2 Å². The second-order valence-corrected chi connectivity index (χ2v) is 7.24. The van der Waals surface area contributed by atoms with Crippen LogP contribution in [-0.2, 0) is 16.0 Å². The SMILES string of the molecule is O=C(CN1C(=O)SC(=Cc2ccc(F)cc2)C1=O)NCCc1ccc(O)c(O)c1. The van der Waals surface area contributed by atoms with E-state index in [0.717, 1.165) is 16.7 Å². The summed E-state index contributed by atoms with van der Waals surface area (Å²) in [7, 11) is 0. The number of nitrogens with one attached hydrogen (secondary N) is 1. The highest BCUT2D eigenvalue weighted by atomic mass is 32.2. The monoisotopic (exact) mass is 416 g/mol. The Hall–Kier alpha value is -3.33. The van der Waals surface area contributed by atoms with Crippen molar-refractivity contribution in [1.29, 1.82) is 0 Å². The van der Waals surface area contributed by atoms with Crippen molar-refractivity contribution < 1.29 is 29.0 Å². The molecule has 150 valence electrons. The second-order valence-electron chi connectivity index (χ2n) is 6.24. The number of hydrogen-bond acceptors (Lipinski definition) is 6. The standard InChI is InChI=1S/C20H17FN2O5S/c21-14-4-1-12(2-5-14)10-17-19(27)23(20(28)29-17)11-18(26)22-8-7-13-3-6-15(24)16(25)9-13/h1-6,9-10,24-25H,7-8,11H2,(H,22,26). The van der Waals surface area contributed by atoms with E-state index in [1.54, 1.807) is 6.07 Å². The van der Waals surface area contributed by atoms with Crippen molar-refractivity contribution in [3.8, 4) is 11.5 Å². The number of amides is 3. The molecule has 1 aliphatic heterocycles. The highest BCUT2D eigenvalue weighted by Crippen LogP contribution is 2.32. The molecular weight excluding hydrogens is 399 g/mol. The molecule has 1 aliphatic rings. The van der Waals surface area contributed by atoms with E-state index in [4.69, 9.17) is 0 Å². The van der Waals surface area contributed by atoms with Crippen LogP contribution in [-0.4, -0.2) is 45.3 Å². The normalized spacial score (nSPS) is 15.2. The Morgan fingerprint density at radius 1 is 1.10 bits per heavy atom. The summed E-state index contributed by atoms with van der Waals surface area (Å²) in [5, 5.41) is 20.8. The molecule has 9 heteroatoms. The van der Waals surface area contributed by atoms with Gasteiger partial charge in [-0.2, -0.15) is 0 Å². The summed E-state index contributed by atoms with van der Waals surface area (Å²) in [5.41, 5.74) is 1.27. The molecule has 3 rings (SSSR count). The van der Waals surface area contributed by atoms with Crippen molar-refractivity contribution >= 4 is 34.9 Å². The summed E-state index contributed by atoms with van der Waals surface area (Å²) < 4.78 is 13.0. The molecule has 2 aromatic carbocycles. The lowest BCUT2D eigenvalue weighted by atomic mass is 10.1. The van der Waals surface area contributed by atoms with E-state index >= 15 is 0 Å². The van der Waals surface area contributed by atoms with Crippen molar-refractivity contribution in [3.05, 3.63) is 64.3 Å². The van der Waals surface area contributed by atoms with Crippen LogP contribution in [0.4, 0.5) is 9.18 Å². The van der Waals surface area contributed by atoms with Crippen LogP contribution in [0, 0.1) is 5.82 Å². The van der Waals surface area contributed by atoms with Gasteiger partial charge >= 0.3 is 0 Å². The first kappa shape index (κ1) is 20.4. The van der Waals surface area contributed by atoms with E-state index in [-0.39, 0.29) is 22.9 Å². The summed E-state index contributed by atoms with van der Waals surface area (Å²) in [6.07, 6.45) is 1.87. The zero-order valence-electron chi connectivity index (χ0n) is 15.1. The largest absolute Gasteiger partial charge is 0.504 e. The van der Waals surface area contributed by atoms with Gasteiger partial charge in [-0.25, -0.2) is 4.39 Å². The Kier molecular flexibility index (Phi) is 6.18. The van der Waals surface area contributed by atoms with Gasteiger partial charge < -0.3 is 15.5 Å². The van der Waals surface area contributed by atoms with Gasteiger partial charge in [0.25, 0.3) is 11.1 Å². The molecule has 0 unspecified atom stereocenters. The Bertz CT molecular complexity index is 991. The fourth-order valence-corrected chi connectivity index (χ4v) is 3.46. The minimum Gasteiger partial charge on any atom is -0.504 e. The van der Waals surface area contributed by atoms with Gasteiger partial charge in [0, 0.05) is 6.54 Å². The van der Waals surface area contributed by atoms with Crippen LogP contribution in [0.25, 0.3) is 6.08 Å². The second kappa shape index (κ2) is 8.78. The Morgan fingerprint density at radius 3 is 2.52 bits per heavy atom. The molecule has 0 bridgehead atoms. The Labute approximate surface area is 169 Å². The summed E-state index contributed by atoms with van der Waals surface area (Å²) in [6.45, 7) is -0.184. The van der Waals surface area contributed by atoms with E-state index in [1.807, 2.05) is 0 Å². The Balaban J connectivity index is 1.54. The van der Waals surface area contributed by atoms with Crippen molar-refractivity contribution in [2.45, 2.75) is 6.42 Å². The molecule has 0 atom stereocenters. The van der Waals surface area contributed by atoms with Crippen LogP contribution in [0.2, 0.25) is 0 Å². The summed E-state index contributed by atoms with van der Waals surface area (Å²) >= 11 is 0.720. The fraction of sp³-hybridized carbons (Fsp3) is 0.150. The van der Waals surface area contributed by atoms with Crippen LogP contribution < -0.4 is 5.32 Å². The average Bonchev–Trinajstić information content (AvgIpc) is 2.94. The van der Waals surface area contributed by atoms with Gasteiger partial charge in [0.2, 0.25) is 5.91 Å². The predicted octanol–water partition coefficient (Wildman–Crippen LogP) is 2.63. The first-order valence-electron chi connectivity index (χ1n) is 8.62. The molecule has 0 aromatic heterocycles. The molecule has 29 heavy (non-hydrogen) atoms. The number of imide groups is 1. The number of hydrogen-bond donors (Lipinski definition) is 3. The molecule has 7 nitrogen and oxygen atoms in total. The number of rotatable bonds is 6.